The Hall–Kier alpha value is -2.01. The fourth-order valence-corrected chi connectivity index (χ4v) is 2.76. The highest BCUT2D eigenvalue weighted by Crippen LogP contribution is 2.28. The van der Waals surface area contributed by atoms with Crippen molar-refractivity contribution < 1.29 is 9.53 Å². The molecule has 1 aliphatic heterocycles. The number of aromatic nitrogens is 1. The zero-order chi connectivity index (χ0) is 15.0. The Bertz CT molecular complexity index is 663. The number of alkyl carbamates (subject to hydrolysis) is 1. The molecular formula is C16H21N3O2. The Labute approximate surface area is 124 Å². The van der Waals surface area contributed by atoms with E-state index in [1.54, 1.807) is 0 Å². The minimum absolute atomic E-state index is 0.0728. The first-order valence-electron chi connectivity index (χ1n) is 7.24. The Morgan fingerprint density at radius 3 is 2.90 bits per heavy atom. The minimum Gasteiger partial charge on any atom is -0.447 e. The van der Waals surface area contributed by atoms with E-state index in [0.29, 0.717) is 12.6 Å². The molecule has 3 rings (SSSR count). The van der Waals surface area contributed by atoms with Crippen LogP contribution in [0.1, 0.15) is 24.1 Å². The maximum atomic E-state index is 11.1. The van der Waals surface area contributed by atoms with E-state index in [2.05, 4.69) is 60.6 Å². The van der Waals surface area contributed by atoms with Crippen molar-refractivity contribution in [3.05, 3.63) is 35.5 Å². The molecule has 5 nitrogen and oxygen atoms in total. The largest absolute Gasteiger partial charge is 0.447 e. The van der Waals surface area contributed by atoms with E-state index in [-0.39, 0.29) is 12.1 Å². The Kier molecular flexibility index (Phi) is 3.59. The van der Waals surface area contributed by atoms with Gasteiger partial charge in [0.25, 0.3) is 0 Å². The monoisotopic (exact) mass is 287 g/mol. The molecule has 1 amide bonds. The van der Waals surface area contributed by atoms with Gasteiger partial charge in [0.1, 0.15) is 6.61 Å². The number of nitrogens with zero attached hydrogens (tertiary/aromatic N) is 1. The smallest absolute Gasteiger partial charge is 0.407 e. The number of carbonyl (C=O) groups is 1. The van der Waals surface area contributed by atoms with E-state index in [1.165, 1.54) is 16.5 Å². The van der Waals surface area contributed by atoms with Crippen LogP contribution in [-0.4, -0.2) is 42.7 Å². The quantitative estimate of drug-likeness (QED) is 0.908. The molecule has 0 radical (unpaired) electrons. The van der Waals surface area contributed by atoms with Gasteiger partial charge in [-0.2, -0.15) is 0 Å². The number of amides is 1. The molecule has 1 aliphatic rings. The predicted octanol–water partition coefficient (Wildman–Crippen LogP) is 2.44. The van der Waals surface area contributed by atoms with Crippen LogP contribution >= 0.6 is 0 Å². The lowest BCUT2D eigenvalue weighted by Gasteiger charge is -2.19. The van der Waals surface area contributed by atoms with Crippen LogP contribution in [-0.2, 0) is 11.2 Å². The van der Waals surface area contributed by atoms with Crippen LogP contribution in [0.15, 0.2) is 24.4 Å². The molecule has 112 valence electrons. The summed E-state index contributed by atoms with van der Waals surface area (Å²) >= 11 is 0. The number of fused-ring (bicyclic) bond motifs is 1. The molecule has 1 fully saturated rings. The molecule has 2 atom stereocenters. The van der Waals surface area contributed by atoms with Gasteiger partial charge in [-0.3, -0.25) is 0 Å². The maximum Gasteiger partial charge on any atom is 0.407 e. The SMILES string of the molecule is CC(c1c[nH]c2ccc(CC3COC(=O)N3)cc12)N(C)C. The third-order valence-corrected chi connectivity index (χ3v) is 4.22. The number of hydrogen-bond donors (Lipinski definition) is 2. The van der Waals surface area contributed by atoms with Crippen LogP contribution in [0.4, 0.5) is 4.79 Å². The van der Waals surface area contributed by atoms with Crippen molar-refractivity contribution in [1.29, 1.82) is 0 Å². The van der Waals surface area contributed by atoms with Gasteiger partial charge in [-0.05, 0) is 50.7 Å². The van der Waals surface area contributed by atoms with Crippen LogP contribution in [0.25, 0.3) is 10.9 Å². The second kappa shape index (κ2) is 5.41. The van der Waals surface area contributed by atoms with Crippen LogP contribution in [0.5, 0.6) is 0 Å². The number of nitrogens with one attached hydrogen (secondary N) is 2. The molecule has 2 aromatic rings. The molecule has 2 unspecified atom stereocenters. The van der Waals surface area contributed by atoms with Gasteiger partial charge in [-0.25, -0.2) is 4.79 Å². The van der Waals surface area contributed by atoms with Gasteiger partial charge in [0.15, 0.2) is 0 Å². The summed E-state index contributed by atoms with van der Waals surface area (Å²) in [6.07, 6.45) is 2.56. The molecule has 2 heterocycles. The molecule has 1 aromatic carbocycles. The molecule has 0 saturated carbocycles. The summed E-state index contributed by atoms with van der Waals surface area (Å²) in [6.45, 7) is 2.64. The number of H-pyrrole nitrogens is 1. The van der Waals surface area contributed by atoms with Gasteiger partial charge in [-0.15, -0.1) is 0 Å². The van der Waals surface area contributed by atoms with E-state index in [4.69, 9.17) is 4.74 Å². The molecule has 0 bridgehead atoms. The van der Waals surface area contributed by atoms with Gasteiger partial charge in [-0.1, -0.05) is 6.07 Å². The summed E-state index contributed by atoms with van der Waals surface area (Å²) in [5.74, 6) is 0. The van der Waals surface area contributed by atoms with Gasteiger partial charge in [0.2, 0.25) is 0 Å². The van der Waals surface area contributed by atoms with Crippen molar-refractivity contribution in [3.8, 4) is 0 Å². The highest BCUT2D eigenvalue weighted by Gasteiger charge is 2.22. The topological polar surface area (TPSA) is 57.4 Å². The van der Waals surface area contributed by atoms with Crippen LogP contribution in [0, 0.1) is 0 Å². The summed E-state index contributed by atoms with van der Waals surface area (Å²) in [7, 11) is 4.16. The van der Waals surface area contributed by atoms with Crippen molar-refractivity contribution in [1.82, 2.24) is 15.2 Å². The van der Waals surface area contributed by atoms with Crippen LogP contribution in [0.3, 0.4) is 0 Å². The van der Waals surface area contributed by atoms with Crippen molar-refractivity contribution in [2.24, 2.45) is 0 Å². The number of aromatic amines is 1. The molecule has 2 N–H and O–H groups in total. The molecule has 21 heavy (non-hydrogen) atoms. The van der Waals surface area contributed by atoms with Gasteiger partial charge in [0.05, 0.1) is 6.04 Å². The standard InChI is InChI=1S/C16H21N3O2/c1-10(19(2)3)14-8-17-15-5-4-11(7-13(14)15)6-12-9-21-16(20)18-12/h4-5,7-8,10,12,17H,6,9H2,1-3H3,(H,18,20). The van der Waals surface area contributed by atoms with Crippen molar-refractivity contribution in [2.75, 3.05) is 20.7 Å². The number of carbonyl (C=O) groups excluding carboxylic acids is 1. The molecule has 0 aliphatic carbocycles. The number of benzene rings is 1. The van der Waals surface area contributed by atoms with Gasteiger partial charge < -0.3 is 19.9 Å². The highest BCUT2D eigenvalue weighted by atomic mass is 16.6. The van der Waals surface area contributed by atoms with E-state index in [1.807, 2.05) is 0 Å². The van der Waals surface area contributed by atoms with E-state index < -0.39 is 0 Å². The third-order valence-electron chi connectivity index (χ3n) is 4.22. The van der Waals surface area contributed by atoms with E-state index in [9.17, 15) is 4.79 Å². The lowest BCUT2D eigenvalue weighted by molar-refractivity contribution is 0.177. The van der Waals surface area contributed by atoms with Crippen LogP contribution < -0.4 is 5.32 Å². The summed E-state index contributed by atoms with van der Waals surface area (Å²) in [6, 6.07) is 6.85. The minimum atomic E-state index is -0.315. The zero-order valence-electron chi connectivity index (χ0n) is 12.6. The third kappa shape index (κ3) is 2.74. The summed E-state index contributed by atoms with van der Waals surface area (Å²) in [5, 5.41) is 4.07. The van der Waals surface area contributed by atoms with Crippen molar-refractivity contribution >= 4 is 17.0 Å². The predicted molar refractivity (Wildman–Crippen MR) is 82.4 cm³/mol. The fraction of sp³-hybridized carbons (Fsp3) is 0.438. The lowest BCUT2D eigenvalue weighted by Crippen LogP contribution is -2.28. The molecule has 1 saturated heterocycles. The van der Waals surface area contributed by atoms with Crippen molar-refractivity contribution in [2.45, 2.75) is 25.4 Å². The van der Waals surface area contributed by atoms with Crippen molar-refractivity contribution in [3.63, 3.8) is 0 Å². The Balaban J connectivity index is 1.88. The fourth-order valence-electron chi connectivity index (χ4n) is 2.76. The molecule has 1 aromatic heterocycles. The first-order chi connectivity index (χ1) is 10.0. The lowest BCUT2D eigenvalue weighted by atomic mass is 10.0. The summed E-state index contributed by atoms with van der Waals surface area (Å²) in [5.41, 5.74) is 3.66. The first kappa shape index (κ1) is 13.9. The molecular weight excluding hydrogens is 266 g/mol. The van der Waals surface area contributed by atoms with Gasteiger partial charge in [0, 0.05) is 23.1 Å². The summed E-state index contributed by atoms with van der Waals surface area (Å²) in [4.78, 5) is 16.6. The number of hydrogen-bond acceptors (Lipinski definition) is 3. The maximum absolute atomic E-state index is 11.1. The summed E-state index contributed by atoms with van der Waals surface area (Å²) < 4.78 is 4.94. The second-order valence-corrected chi connectivity index (χ2v) is 5.91. The Morgan fingerprint density at radius 2 is 2.24 bits per heavy atom. The first-order valence-corrected chi connectivity index (χ1v) is 7.24. The van der Waals surface area contributed by atoms with E-state index in [0.717, 1.165) is 11.9 Å². The van der Waals surface area contributed by atoms with Gasteiger partial charge >= 0.3 is 6.09 Å². The number of rotatable bonds is 4. The second-order valence-electron chi connectivity index (χ2n) is 5.91. The highest BCUT2D eigenvalue weighted by molar-refractivity contribution is 5.84. The molecule has 0 spiro atoms. The average molecular weight is 287 g/mol. The van der Waals surface area contributed by atoms with Crippen LogP contribution in [0.2, 0.25) is 0 Å². The normalized spacial score (nSPS) is 19.8. The molecule has 5 heteroatoms. The van der Waals surface area contributed by atoms with E-state index >= 15 is 0 Å². The zero-order valence-corrected chi connectivity index (χ0v) is 12.6. The Morgan fingerprint density at radius 1 is 1.43 bits per heavy atom. The average Bonchev–Trinajstić information content (AvgIpc) is 3.04. The number of ether oxygens (including phenoxy) is 1. The number of cyclic esters (lactones) is 1.